The van der Waals surface area contributed by atoms with E-state index in [1.165, 1.54) is 25.5 Å². The molecule has 1 N–H and O–H groups in total. The summed E-state index contributed by atoms with van der Waals surface area (Å²) < 4.78 is 0. The van der Waals surface area contributed by atoms with E-state index in [-0.39, 0.29) is 16.8 Å². The maximum Gasteiger partial charge on any atom is 0.193 e. The summed E-state index contributed by atoms with van der Waals surface area (Å²) in [6.45, 7) is 3.11. The molecule has 1 heterocycles. The van der Waals surface area contributed by atoms with Gasteiger partial charge in [-0.25, -0.2) is 4.99 Å². The first kappa shape index (κ1) is 12.0. The Bertz CT molecular complexity index is 512. The molecule has 0 amide bonds. The van der Waals surface area contributed by atoms with Crippen molar-refractivity contribution < 1.29 is 4.79 Å². The van der Waals surface area contributed by atoms with Gasteiger partial charge in [-0.3, -0.25) is 14.6 Å². The molecule has 0 fully saturated rings. The first-order chi connectivity index (χ1) is 7.56. The molecule has 0 saturated carbocycles. The van der Waals surface area contributed by atoms with Crippen LogP contribution in [0.5, 0.6) is 0 Å². The van der Waals surface area contributed by atoms with Crippen molar-refractivity contribution in [3.63, 3.8) is 0 Å². The second kappa shape index (κ2) is 5.16. The average molecular weight is 219 g/mol. The van der Waals surface area contributed by atoms with Crippen LogP contribution in [0.4, 0.5) is 0 Å². The van der Waals surface area contributed by atoms with Crippen molar-refractivity contribution >= 4 is 17.8 Å². The summed E-state index contributed by atoms with van der Waals surface area (Å²) in [6, 6.07) is 1.36. The van der Waals surface area contributed by atoms with Crippen LogP contribution in [-0.2, 0) is 0 Å². The largest absolute Gasteiger partial charge is 0.359 e. The average Bonchev–Trinajstić information content (AvgIpc) is 2.25. The van der Waals surface area contributed by atoms with Crippen LogP contribution >= 0.6 is 0 Å². The zero-order valence-corrected chi connectivity index (χ0v) is 9.44. The predicted molar refractivity (Wildman–Crippen MR) is 63.7 cm³/mol. The molecule has 0 aliphatic rings. The molecule has 5 heteroatoms. The van der Waals surface area contributed by atoms with Crippen LogP contribution in [0.2, 0.25) is 0 Å². The highest BCUT2D eigenvalue weighted by molar-refractivity contribution is 6.01. The van der Waals surface area contributed by atoms with Crippen molar-refractivity contribution in [2.75, 3.05) is 7.05 Å². The zero-order chi connectivity index (χ0) is 12.1. The fourth-order valence-electron chi connectivity index (χ4n) is 1.17. The minimum atomic E-state index is -0.302. The Balaban J connectivity index is 3.16. The van der Waals surface area contributed by atoms with Crippen LogP contribution in [0, 0.1) is 0 Å². The van der Waals surface area contributed by atoms with Gasteiger partial charge in [0.2, 0.25) is 0 Å². The van der Waals surface area contributed by atoms with Crippen LogP contribution < -0.4 is 5.43 Å². The van der Waals surface area contributed by atoms with E-state index >= 15 is 0 Å². The van der Waals surface area contributed by atoms with Crippen LogP contribution in [0.1, 0.15) is 29.9 Å². The van der Waals surface area contributed by atoms with Crippen molar-refractivity contribution in [1.82, 2.24) is 4.98 Å². The normalized spacial score (nSPS) is 12.1. The molecule has 1 aromatic rings. The number of Topliss-reactive ketones (excluding diaryl/α,β-unsaturated/α-hetero) is 1. The number of nitrogens with zero attached hydrogens (tertiary/aromatic N) is 2. The number of aromatic nitrogens is 1. The molecule has 0 aromatic carbocycles. The Labute approximate surface area is 93.0 Å². The van der Waals surface area contributed by atoms with E-state index in [2.05, 4.69) is 15.0 Å². The Morgan fingerprint density at radius 2 is 2.12 bits per heavy atom. The van der Waals surface area contributed by atoms with Gasteiger partial charge in [-0.1, -0.05) is 0 Å². The van der Waals surface area contributed by atoms with E-state index < -0.39 is 0 Å². The van der Waals surface area contributed by atoms with E-state index in [0.717, 1.165) is 0 Å². The smallest absolute Gasteiger partial charge is 0.193 e. The van der Waals surface area contributed by atoms with E-state index in [9.17, 15) is 9.59 Å². The van der Waals surface area contributed by atoms with Crippen molar-refractivity contribution in [3.05, 3.63) is 33.7 Å². The van der Waals surface area contributed by atoms with E-state index in [1.54, 1.807) is 14.0 Å². The highest BCUT2D eigenvalue weighted by Crippen LogP contribution is 1.97. The fraction of sp³-hybridized carbons (Fsp3) is 0.273. The molecule has 0 unspecified atom stereocenters. The number of aromatic amines is 1. The summed E-state index contributed by atoms with van der Waals surface area (Å²) in [5.74, 6) is -0.252. The number of aliphatic imine (C=N–C) groups is 2. The molecule has 0 atom stereocenters. The molecule has 5 nitrogen and oxygen atoms in total. The molecule has 0 aliphatic carbocycles. The number of H-pyrrole nitrogens is 1. The SMILES string of the molecule is CN=CN=C(C)c1cc(=O)c(C(C)=O)c[nH]1. The number of rotatable bonds is 3. The van der Waals surface area contributed by atoms with Gasteiger partial charge in [0.25, 0.3) is 0 Å². The zero-order valence-electron chi connectivity index (χ0n) is 9.44. The fourth-order valence-corrected chi connectivity index (χ4v) is 1.17. The lowest BCUT2D eigenvalue weighted by atomic mass is 10.1. The molecule has 1 aromatic heterocycles. The van der Waals surface area contributed by atoms with E-state index in [1.807, 2.05) is 0 Å². The van der Waals surface area contributed by atoms with Crippen LogP contribution in [0.3, 0.4) is 0 Å². The highest BCUT2D eigenvalue weighted by Gasteiger charge is 2.06. The molecule has 0 radical (unpaired) electrons. The van der Waals surface area contributed by atoms with Gasteiger partial charge in [0, 0.05) is 19.3 Å². The van der Waals surface area contributed by atoms with Gasteiger partial charge in [0.15, 0.2) is 11.2 Å². The lowest BCUT2D eigenvalue weighted by Gasteiger charge is -2.00. The van der Waals surface area contributed by atoms with Gasteiger partial charge in [-0.15, -0.1) is 0 Å². The summed E-state index contributed by atoms with van der Waals surface area (Å²) >= 11 is 0. The number of pyridine rings is 1. The van der Waals surface area contributed by atoms with Crippen LogP contribution in [-0.4, -0.2) is 29.9 Å². The quantitative estimate of drug-likeness (QED) is 0.468. The molecule has 0 aliphatic heterocycles. The minimum Gasteiger partial charge on any atom is -0.359 e. The maximum atomic E-state index is 11.5. The first-order valence-electron chi connectivity index (χ1n) is 4.75. The molecular formula is C11H13N3O2. The molecule has 0 spiro atoms. The second-order valence-electron chi connectivity index (χ2n) is 3.27. The number of carbonyl (C=O) groups excluding carboxylic acids is 1. The Hall–Kier alpha value is -2.04. The summed E-state index contributed by atoms with van der Waals surface area (Å²) in [4.78, 5) is 33.1. The molecule has 1 rings (SSSR count). The molecule has 84 valence electrons. The van der Waals surface area contributed by atoms with Crippen molar-refractivity contribution in [3.8, 4) is 0 Å². The third-order valence-electron chi connectivity index (χ3n) is 2.05. The third-order valence-corrected chi connectivity index (χ3v) is 2.05. The van der Waals surface area contributed by atoms with Crippen molar-refractivity contribution in [1.29, 1.82) is 0 Å². The highest BCUT2D eigenvalue weighted by atomic mass is 16.1. The number of carbonyl (C=O) groups is 1. The maximum absolute atomic E-state index is 11.5. The number of hydrogen-bond donors (Lipinski definition) is 1. The van der Waals surface area contributed by atoms with Gasteiger partial charge in [0.05, 0.1) is 17.0 Å². The van der Waals surface area contributed by atoms with Crippen molar-refractivity contribution in [2.45, 2.75) is 13.8 Å². The topological polar surface area (TPSA) is 74.7 Å². The van der Waals surface area contributed by atoms with Gasteiger partial charge >= 0.3 is 0 Å². The third kappa shape index (κ3) is 2.73. The monoisotopic (exact) mass is 219 g/mol. The Morgan fingerprint density at radius 3 is 2.62 bits per heavy atom. The summed E-state index contributed by atoms with van der Waals surface area (Å²) in [5, 5.41) is 0. The predicted octanol–water partition coefficient (Wildman–Crippen LogP) is 1.04. The summed E-state index contributed by atoms with van der Waals surface area (Å²) in [5.41, 5.74) is 1.07. The lowest BCUT2D eigenvalue weighted by molar-refractivity contribution is 0.101. The summed E-state index contributed by atoms with van der Waals surface area (Å²) in [7, 11) is 1.61. The first-order valence-corrected chi connectivity index (χ1v) is 4.75. The van der Waals surface area contributed by atoms with Crippen molar-refractivity contribution in [2.24, 2.45) is 9.98 Å². The summed E-state index contributed by atoms with van der Waals surface area (Å²) in [6.07, 6.45) is 2.80. The molecular weight excluding hydrogens is 206 g/mol. The number of nitrogens with one attached hydrogen (secondary N) is 1. The van der Waals surface area contributed by atoms with Gasteiger partial charge in [0.1, 0.15) is 6.34 Å². The molecule has 0 bridgehead atoms. The van der Waals surface area contributed by atoms with E-state index in [4.69, 9.17) is 0 Å². The number of ketones is 1. The van der Waals surface area contributed by atoms with E-state index in [0.29, 0.717) is 11.4 Å². The van der Waals surface area contributed by atoms with Crippen LogP contribution in [0.25, 0.3) is 0 Å². The standard InChI is InChI=1S/C11H13N3O2/c1-7(14-6-12-3)10-4-11(16)9(5-13-10)8(2)15/h4-6H,1-3H3,(H,13,16). The van der Waals surface area contributed by atoms with Gasteiger partial charge < -0.3 is 4.98 Å². The molecule has 0 saturated heterocycles. The van der Waals surface area contributed by atoms with Gasteiger partial charge in [-0.05, 0) is 13.8 Å². The molecule has 16 heavy (non-hydrogen) atoms. The number of hydrogen-bond acceptors (Lipinski definition) is 3. The lowest BCUT2D eigenvalue weighted by Crippen LogP contribution is -2.15. The Morgan fingerprint density at radius 1 is 1.44 bits per heavy atom. The second-order valence-corrected chi connectivity index (χ2v) is 3.27. The Kier molecular flexibility index (Phi) is 3.88. The minimum absolute atomic E-state index is 0.153. The van der Waals surface area contributed by atoms with Crippen LogP contribution in [0.15, 0.2) is 27.0 Å². The van der Waals surface area contributed by atoms with Gasteiger partial charge in [-0.2, -0.15) is 0 Å².